The van der Waals surface area contributed by atoms with Crippen molar-refractivity contribution in [2.75, 3.05) is 13.1 Å². The molecule has 1 amide bonds. The van der Waals surface area contributed by atoms with Crippen molar-refractivity contribution in [3.05, 3.63) is 65.7 Å². The largest absolute Gasteiger partial charge is 0.351 e. The minimum atomic E-state index is -3.57. The predicted molar refractivity (Wildman–Crippen MR) is 97.0 cm³/mol. The molecule has 25 heavy (non-hydrogen) atoms. The van der Waals surface area contributed by atoms with Gasteiger partial charge in [0, 0.05) is 24.1 Å². The third-order valence-corrected chi connectivity index (χ3v) is 6.11. The van der Waals surface area contributed by atoms with Crippen LogP contribution in [0.15, 0.2) is 59.5 Å². The van der Waals surface area contributed by atoms with Gasteiger partial charge in [0.1, 0.15) is 0 Å². The van der Waals surface area contributed by atoms with Crippen molar-refractivity contribution in [1.82, 2.24) is 10.0 Å². The van der Waals surface area contributed by atoms with E-state index >= 15 is 0 Å². The van der Waals surface area contributed by atoms with Crippen LogP contribution in [0.5, 0.6) is 0 Å². The fraction of sp³-hybridized carbons (Fsp3) is 0.316. The molecule has 0 aromatic heterocycles. The van der Waals surface area contributed by atoms with Gasteiger partial charge in [0.15, 0.2) is 0 Å². The molecule has 1 aliphatic rings. The van der Waals surface area contributed by atoms with Gasteiger partial charge in [-0.2, -0.15) is 0 Å². The predicted octanol–water partition coefficient (Wildman–Crippen LogP) is 2.45. The molecule has 0 radical (unpaired) electrons. The average molecular weight is 358 g/mol. The van der Waals surface area contributed by atoms with E-state index in [1.54, 1.807) is 19.1 Å². The molecule has 0 aliphatic heterocycles. The van der Waals surface area contributed by atoms with Crippen LogP contribution in [0.2, 0.25) is 0 Å². The second-order valence-corrected chi connectivity index (χ2v) is 8.13. The normalized spacial score (nSPS) is 15.6. The SMILES string of the molecule is CCNS(=O)(=O)c1cccc(C(=O)NCC2(c3ccccc3)CC2)c1. The maximum atomic E-state index is 12.5. The molecule has 3 rings (SSSR count). The lowest BCUT2D eigenvalue weighted by atomic mass is 9.96. The van der Waals surface area contributed by atoms with Gasteiger partial charge in [0.25, 0.3) is 5.91 Å². The first-order valence-corrected chi connectivity index (χ1v) is 9.89. The Hall–Kier alpha value is -2.18. The molecular formula is C19H22N2O3S. The Balaban J connectivity index is 1.70. The Morgan fingerprint density at radius 2 is 1.80 bits per heavy atom. The second-order valence-electron chi connectivity index (χ2n) is 6.36. The maximum absolute atomic E-state index is 12.5. The van der Waals surface area contributed by atoms with Crippen LogP contribution in [0.25, 0.3) is 0 Å². The number of carbonyl (C=O) groups excluding carboxylic acids is 1. The second kappa shape index (κ2) is 6.98. The molecule has 6 heteroatoms. The highest BCUT2D eigenvalue weighted by Gasteiger charge is 2.44. The number of rotatable bonds is 7. The fourth-order valence-electron chi connectivity index (χ4n) is 2.94. The quantitative estimate of drug-likeness (QED) is 0.798. The van der Waals surface area contributed by atoms with Gasteiger partial charge in [-0.1, -0.05) is 43.3 Å². The molecule has 1 aliphatic carbocycles. The van der Waals surface area contributed by atoms with Gasteiger partial charge in [-0.05, 0) is 36.6 Å². The van der Waals surface area contributed by atoms with Crippen molar-refractivity contribution in [2.45, 2.75) is 30.1 Å². The lowest BCUT2D eigenvalue weighted by Crippen LogP contribution is -2.32. The highest BCUT2D eigenvalue weighted by molar-refractivity contribution is 7.89. The van der Waals surface area contributed by atoms with Crippen LogP contribution in [0.3, 0.4) is 0 Å². The van der Waals surface area contributed by atoms with Crippen LogP contribution < -0.4 is 10.0 Å². The van der Waals surface area contributed by atoms with Gasteiger partial charge >= 0.3 is 0 Å². The summed E-state index contributed by atoms with van der Waals surface area (Å²) in [4.78, 5) is 12.6. The summed E-state index contributed by atoms with van der Waals surface area (Å²) in [7, 11) is -3.57. The van der Waals surface area contributed by atoms with E-state index < -0.39 is 10.0 Å². The van der Waals surface area contributed by atoms with E-state index in [1.807, 2.05) is 18.2 Å². The number of hydrogen-bond donors (Lipinski definition) is 2. The molecule has 0 atom stereocenters. The molecule has 0 bridgehead atoms. The van der Waals surface area contributed by atoms with Crippen molar-refractivity contribution < 1.29 is 13.2 Å². The van der Waals surface area contributed by atoms with Crippen molar-refractivity contribution >= 4 is 15.9 Å². The maximum Gasteiger partial charge on any atom is 0.251 e. The third-order valence-electron chi connectivity index (χ3n) is 4.57. The Morgan fingerprint density at radius 1 is 1.08 bits per heavy atom. The molecule has 2 N–H and O–H groups in total. The van der Waals surface area contributed by atoms with Crippen LogP contribution in [0, 0.1) is 0 Å². The monoisotopic (exact) mass is 358 g/mol. The Kier molecular flexibility index (Phi) is 4.92. The van der Waals surface area contributed by atoms with E-state index in [1.165, 1.54) is 17.7 Å². The summed E-state index contributed by atoms with van der Waals surface area (Å²) in [6.07, 6.45) is 2.10. The Bertz CT molecular complexity index is 859. The van der Waals surface area contributed by atoms with E-state index in [0.717, 1.165) is 12.8 Å². The summed E-state index contributed by atoms with van der Waals surface area (Å²) in [5.41, 5.74) is 1.60. The van der Waals surface area contributed by atoms with Crippen molar-refractivity contribution in [3.63, 3.8) is 0 Å². The van der Waals surface area contributed by atoms with Gasteiger partial charge in [-0.3, -0.25) is 4.79 Å². The summed E-state index contributed by atoms with van der Waals surface area (Å²) in [5, 5.41) is 2.96. The lowest BCUT2D eigenvalue weighted by molar-refractivity contribution is 0.0949. The zero-order chi connectivity index (χ0) is 17.9. The van der Waals surface area contributed by atoms with Crippen molar-refractivity contribution in [1.29, 1.82) is 0 Å². The minimum Gasteiger partial charge on any atom is -0.351 e. The topological polar surface area (TPSA) is 75.3 Å². The molecule has 2 aromatic carbocycles. The summed E-state index contributed by atoms with van der Waals surface area (Å²) < 4.78 is 26.6. The van der Waals surface area contributed by atoms with Gasteiger partial charge in [-0.15, -0.1) is 0 Å². The van der Waals surface area contributed by atoms with Crippen LogP contribution in [0.4, 0.5) is 0 Å². The average Bonchev–Trinajstić information content (AvgIpc) is 3.42. The molecule has 0 spiro atoms. The van der Waals surface area contributed by atoms with E-state index in [9.17, 15) is 13.2 Å². The zero-order valence-electron chi connectivity index (χ0n) is 14.2. The van der Waals surface area contributed by atoms with Crippen molar-refractivity contribution in [3.8, 4) is 0 Å². The van der Waals surface area contributed by atoms with Gasteiger partial charge in [0.05, 0.1) is 4.90 Å². The first-order valence-electron chi connectivity index (χ1n) is 8.40. The molecule has 132 valence electrons. The molecule has 1 saturated carbocycles. The van der Waals surface area contributed by atoms with Crippen LogP contribution in [0.1, 0.15) is 35.7 Å². The highest BCUT2D eigenvalue weighted by atomic mass is 32.2. The minimum absolute atomic E-state index is 0.0182. The van der Waals surface area contributed by atoms with E-state index in [4.69, 9.17) is 0 Å². The molecule has 1 fully saturated rings. The van der Waals surface area contributed by atoms with Crippen LogP contribution in [-0.4, -0.2) is 27.4 Å². The van der Waals surface area contributed by atoms with E-state index in [0.29, 0.717) is 18.7 Å². The smallest absolute Gasteiger partial charge is 0.251 e. The molecule has 2 aromatic rings. The molecular weight excluding hydrogens is 336 g/mol. The fourth-order valence-corrected chi connectivity index (χ4v) is 4.03. The van der Waals surface area contributed by atoms with Crippen molar-refractivity contribution in [2.24, 2.45) is 0 Å². The number of amides is 1. The lowest BCUT2D eigenvalue weighted by Gasteiger charge is -2.16. The van der Waals surface area contributed by atoms with Crippen LogP contribution >= 0.6 is 0 Å². The first-order chi connectivity index (χ1) is 12.0. The van der Waals surface area contributed by atoms with E-state index in [-0.39, 0.29) is 16.2 Å². The summed E-state index contributed by atoms with van der Waals surface area (Å²) in [6.45, 7) is 2.57. The van der Waals surface area contributed by atoms with Gasteiger partial charge in [-0.25, -0.2) is 13.1 Å². The summed E-state index contributed by atoms with van der Waals surface area (Å²) in [5.74, 6) is -0.254. The summed E-state index contributed by atoms with van der Waals surface area (Å²) in [6, 6.07) is 16.3. The number of carbonyl (C=O) groups is 1. The van der Waals surface area contributed by atoms with Gasteiger partial charge in [0.2, 0.25) is 10.0 Å². The molecule has 5 nitrogen and oxygen atoms in total. The van der Waals surface area contributed by atoms with Gasteiger partial charge < -0.3 is 5.32 Å². The number of hydrogen-bond acceptors (Lipinski definition) is 3. The summed E-state index contributed by atoms with van der Waals surface area (Å²) >= 11 is 0. The molecule has 0 heterocycles. The highest BCUT2D eigenvalue weighted by Crippen LogP contribution is 2.47. The molecule has 0 saturated heterocycles. The first kappa shape index (κ1) is 17.6. The molecule has 0 unspecified atom stereocenters. The number of sulfonamides is 1. The van der Waals surface area contributed by atoms with Crippen LogP contribution in [-0.2, 0) is 15.4 Å². The van der Waals surface area contributed by atoms with E-state index in [2.05, 4.69) is 22.2 Å². The third kappa shape index (κ3) is 3.91. The number of benzene rings is 2. The number of nitrogens with one attached hydrogen (secondary N) is 2. The Labute approximate surface area is 148 Å². The zero-order valence-corrected chi connectivity index (χ0v) is 15.0. The Morgan fingerprint density at radius 3 is 2.44 bits per heavy atom. The standard InChI is InChI=1S/C19H22N2O3S/c1-2-21-25(23,24)17-10-6-7-15(13-17)18(22)20-14-19(11-12-19)16-8-4-3-5-9-16/h3-10,13,21H,2,11-12,14H2,1H3,(H,20,22).